The average molecular weight is 289 g/mol. The Morgan fingerprint density at radius 1 is 1.39 bits per heavy atom. The summed E-state index contributed by atoms with van der Waals surface area (Å²) < 4.78 is 26.5. The molecule has 1 fully saturated rings. The molecular weight excluding hydrogens is 272 g/mol. The first-order chi connectivity index (χ1) is 8.55. The van der Waals surface area contributed by atoms with E-state index in [2.05, 4.69) is 10.0 Å². The first-order valence-electron chi connectivity index (χ1n) is 6.05. The topological polar surface area (TPSA) is 58.2 Å². The van der Waals surface area contributed by atoms with E-state index in [0.717, 1.165) is 25.8 Å². The van der Waals surface area contributed by atoms with Gasteiger partial charge in [0.2, 0.25) is 10.0 Å². The molecule has 0 radical (unpaired) electrons. The minimum Gasteiger partial charge on any atom is -0.313 e. The van der Waals surface area contributed by atoms with E-state index >= 15 is 0 Å². The quantitative estimate of drug-likeness (QED) is 0.893. The van der Waals surface area contributed by atoms with Crippen molar-refractivity contribution in [3.05, 3.63) is 29.3 Å². The van der Waals surface area contributed by atoms with Gasteiger partial charge in [0.05, 0.1) is 5.75 Å². The van der Waals surface area contributed by atoms with Gasteiger partial charge in [0.1, 0.15) is 0 Å². The summed E-state index contributed by atoms with van der Waals surface area (Å²) in [6.07, 6.45) is 3.12. The van der Waals surface area contributed by atoms with Gasteiger partial charge in [-0.3, -0.25) is 4.72 Å². The van der Waals surface area contributed by atoms with Crippen LogP contribution >= 0.6 is 11.6 Å². The maximum atomic E-state index is 12.0. The van der Waals surface area contributed by atoms with Crippen LogP contribution in [-0.4, -0.2) is 26.8 Å². The summed E-state index contributed by atoms with van der Waals surface area (Å²) in [5, 5.41) is 3.75. The van der Waals surface area contributed by atoms with Gasteiger partial charge in [-0.25, -0.2) is 8.42 Å². The largest absolute Gasteiger partial charge is 0.313 e. The van der Waals surface area contributed by atoms with Gasteiger partial charge in [-0.1, -0.05) is 24.1 Å². The molecule has 1 aromatic rings. The SMILES string of the molecule is O=S(=O)(CC1CCCCN1)Nc1cccc(Cl)c1. The molecule has 1 unspecified atom stereocenters. The van der Waals surface area contributed by atoms with Crippen LogP contribution in [0, 0.1) is 0 Å². The summed E-state index contributed by atoms with van der Waals surface area (Å²) in [7, 11) is -3.32. The average Bonchev–Trinajstić information content (AvgIpc) is 2.28. The van der Waals surface area contributed by atoms with Gasteiger partial charge in [0, 0.05) is 16.8 Å². The van der Waals surface area contributed by atoms with Crippen LogP contribution in [0.3, 0.4) is 0 Å². The lowest BCUT2D eigenvalue weighted by molar-refractivity contribution is 0.424. The number of halogens is 1. The van der Waals surface area contributed by atoms with Crippen LogP contribution in [0.25, 0.3) is 0 Å². The number of nitrogens with one attached hydrogen (secondary N) is 2. The second kappa shape index (κ2) is 5.91. The van der Waals surface area contributed by atoms with Crippen LogP contribution in [0.5, 0.6) is 0 Å². The van der Waals surface area contributed by atoms with Gasteiger partial charge in [-0.05, 0) is 37.6 Å². The van der Waals surface area contributed by atoms with Crippen molar-refractivity contribution >= 4 is 27.3 Å². The molecule has 1 saturated heterocycles. The predicted molar refractivity (Wildman–Crippen MR) is 74.5 cm³/mol. The van der Waals surface area contributed by atoms with Crippen LogP contribution < -0.4 is 10.0 Å². The molecule has 2 rings (SSSR count). The molecule has 18 heavy (non-hydrogen) atoms. The molecule has 1 aliphatic rings. The van der Waals surface area contributed by atoms with Crippen molar-refractivity contribution < 1.29 is 8.42 Å². The fourth-order valence-electron chi connectivity index (χ4n) is 2.10. The summed E-state index contributed by atoms with van der Waals surface area (Å²) in [6, 6.07) is 6.78. The van der Waals surface area contributed by atoms with Crippen molar-refractivity contribution in [2.45, 2.75) is 25.3 Å². The van der Waals surface area contributed by atoms with Crippen molar-refractivity contribution in [2.75, 3.05) is 17.0 Å². The molecule has 0 saturated carbocycles. The molecule has 0 aliphatic carbocycles. The number of anilines is 1. The van der Waals surface area contributed by atoms with Crippen molar-refractivity contribution in [3.63, 3.8) is 0 Å². The van der Waals surface area contributed by atoms with E-state index in [1.165, 1.54) is 0 Å². The zero-order valence-electron chi connectivity index (χ0n) is 10.0. The van der Waals surface area contributed by atoms with E-state index in [1.807, 2.05) is 0 Å². The summed E-state index contributed by atoms with van der Waals surface area (Å²) in [5.41, 5.74) is 0.512. The molecule has 2 N–H and O–H groups in total. The number of rotatable bonds is 4. The molecule has 0 amide bonds. The lowest BCUT2D eigenvalue weighted by atomic mass is 10.1. The molecule has 100 valence electrons. The third kappa shape index (κ3) is 4.15. The lowest BCUT2D eigenvalue weighted by Gasteiger charge is -2.23. The van der Waals surface area contributed by atoms with Gasteiger partial charge in [0.25, 0.3) is 0 Å². The van der Waals surface area contributed by atoms with Gasteiger partial charge in [-0.2, -0.15) is 0 Å². The molecule has 1 atom stereocenters. The highest BCUT2D eigenvalue weighted by Crippen LogP contribution is 2.17. The molecular formula is C12H17ClN2O2S. The Labute approximate surface area is 113 Å². The molecule has 0 bridgehead atoms. The van der Waals surface area contributed by atoms with Crippen molar-refractivity contribution in [2.24, 2.45) is 0 Å². The standard InChI is InChI=1S/C12H17ClN2O2S/c13-10-4-3-6-11(8-10)15-18(16,17)9-12-5-1-2-7-14-12/h3-4,6,8,12,14-15H,1-2,5,7,9H2. The van der Waals surface area contributed by atoms with E-state index < -0.39 is 10.0 Å². The Morgan fingerprint density at radius 2 is 2.22 bits per heavy atom. The summed E-state index contributed by atoms with van der Waals surface area (Å²) in [6.45, 7) is 0.900. The fraction of sp³-hybridized carbons (Fsp3) is 0.500. The molecule has 1 heterocycles. The highest BCUT2D eigenvalue weighted by atomic mass is 35.5. The lowest BCUT2D eigenvalue weighted by Crippen LogP contribution is -2.40. The Balaban J connectivity index is 1.98. The minimum absolute atomic E-state index is 0.0513. The third-order valence-electron chi connectivity index (χ3n) is 2.93. The molecule has 1 aliphatic heterocycles. The van der Waals surface area contributed by atoms with Crippen LogP contribution in [0.2, 0.25) is 5.02 Å². The van der Waals surface area contributed by atoms with Crippen LogP contribution in [-0.2, 0) is 10.0 Å². The van der Waals surface area contributed by atoms with Crippen molar-refractivity contribution in [1.82, 2.24) is 5.32 Å². The number of hydrogen-bond acceptors (Lipinski definition) is 3. The first-order valence-corrected chi connectivity index (χ1v) is 8.08. The van der Waals surface area contributed by atoms with E-state index in [4.69, 9.17) is 11.6 Å². The molecule has 1 aromatic carbocycles. The van der Waals surface area contributed by atoms with Crippen LogP contribution in [0.1, 0.15) is 19.3 Å². The number of piperidine rings is 1. The monoisotopic (exact) mass is 288 g/mol. The number of benzene rings is 1. The normalized spacial score (nSPS) is 20.6. The van der Waals surface area contributed by atoms with Gasteiger partial charge in [0.15, 0.2) is 0 Å². The zero-order chi connectivity index (χ0) is 13.0. The zero-order valence-corrected chi connectivity index (χ0v) is 11.6. The van der Waals surface area contributed by atoms with Gasteiger partial charge in [-0.15, -0.1) is 0 Å². The van der Waals surface area contributed by atoms with Crippen LogP contribution in [0.15, 0.2) is 24.3 Å². The Bertz CT molecular complexity index is 499. The van der Waals surface area contributed by atoms with E-state index in [9.17, 15) is 8.42 Å². The highest BCUT2D eigenvalue weighted by molar-refractivity contribution is 7.92. The van der Waals surface area contributed by atoms with Gasteiger partial charge < -0.3 is 5.32 Å². The summed E-state index contributed by atoms with van der Waals surface area (Å²) >= 11 is 5.82. The third-order valence-corrected chi connectivity index (χ3v) is 4.55. The van der Waals surface area contributed by atoms with Crippen LogP contribution in [0.4, 0.5) is 5.69 Å². The minimum atomic E-state index is -3.32. The fourth-order valence-corrected chi connectivity index (χ4v) is 3.68. The molecule has 4 nitrogen and oxygen atoms in total. The second-order valence-corrected chi connectivity index (χ2v) is 6.74. The molecule has 0 spiro atoms. The maximum absolute atomic E-state index is 12.0. The predicted octanol–water partition coefficient (Wildman–Crippen LogP) is 2.22. The van der Waals surface area contributed by atoms with Gasteiger partial charge >= 0.3 is 0 Å². The van der Waals surface area contributed by atoms with E-state index in [1.54, 1.807) is 24.3 Å². The number of sulfonamides is 1. The number of hydrogen-bond donors (Lipinski definition) is 2. The van der Waals surface area contributed by atoms with Crippen molar-refractivity contribution in [1.29, 1.82) is 0 Å². The molecule has 0 aromatic heterocycles. The van der Waals surface area contributed by atoms with Crippen molar-refractivity contribution in [3.8, 4) is 0 Å². The van der Waals surface area contributed by atoms with E-state index in [-0.39, 0.29) is 11.8 Å². The first kappa shape index (κ1) is 13.6. The second-order valence-electron chi connectivity index (χ2n) is 4.54. The Morgan fingerprint density at radius 3 is 2.89 bits per heavy atom. The smallest absolute Gasteiger partial charge is 0.234 e. The molecule has 6 heteroatoms. The van der Waals surface area contributed by atoms with E-state index in [0.29, 0.717) is 10.7 Å². The summed E-state index contributed by atoms with van der Waals surface area (Å²) in [4.78, 5) is 0. The maximum Gasteiger partial charge on any atom is 0.234 e. The highest BCUT2D eigenvalue weighted by Gasteiger charge is 2.20. The Kier molecular flexibility index (Phi) is 4.48. The Hall–Kier alpha value is -0.780. The summed E-state index contributed by atoms with van der Waals surface area (Å²) in [5.74, 6) is 0.111.